The number of hydrogen-bond donors (Lipinski definition) is 0. The second kappa shape index (κ2) is 5.56. The molecule has 0 aliphatic heterocycles. The second-order valence-corrected chi connectivity index (χ2v) is 3.73. The Kier molecular flexibility index (Phi) is 3.64. The Bertz CT molecular complexity index is 655. The predicted molar refractivity (Wildman–Crippen MR) is 70.8 cm³/mol. The third kappa shape index (κ3) is 3.01. The Labute approximate surface area is 109 Å². The van der Waals surface area contributed by atoms with Crippen molar-refractivity contribution in [1.82, 2.24) is 4.98 Å². The first-order valence-corrected chi connectivity index (χ1v) is 5.48. The summed E-state index contributed by atoms with van der Waals surface area (Å²) in [7, 11) is 0. The van der Waals surface area contributed by atoms with Gasteiger partial charge in [0, 0.05) is 18.3 Å². The molecule has 5 heteroatoms. The van der Waals surface area contributed by atoms with Gasteiger partial charge in [0.2, 0.25) is 0 Å². The van der Waals surface area contributed by atoms with Crippen molar-refractivity contribution >= 4 is 17.3 Å². The molecule has 0 unspecified atom stereocenters. The molecule has 19 heavy (non-hydrogen) atoms. The topological polar surface area (TPSA) is 79.8 Å². The number of nitriles is 1. The maximum Gasteiger partial charge on any atom is 0.269 e. The van der Waals surface area contributed by atoms with Crippen LogP contribution >= 0.6 is 0 Å². The molecule has 2 rings (SSSR count). The molecule has 0 atom stereocenters. The highest BCUT2D eigenvalue weighted by Crippen LogP contribution is 2.20. The zero-order valence-corrected chi connectivity index (χ0v) is 9.85. The van der Waals surface area contributed by atoms with Gasteiger partial charge in [-0.15, -0.1) is 0 Å². The zero-order valence-electron chi connectivity index (χ0n) is 9.85. The Balaban J connectivity index is 2.36. The fraction of sp³-hybridized carbons (Fsp3) is 0. The Morgan fingerprint density at radius 3 is 2.53 bits per heavy atom. The fourth-order valence-electron chi connectivity index (χ4n) is 1.55. The van der Waals surface area contributed by atoms with Gasteiger partial charge in [0.15, 0.2) is 0 Å². The molecular formula is C14H9N3O2. The molecule has 5 nitrogen and oxygen atoms in total. The number of aromatic nitrogens is 1. The summed E-state index contributed by atoms with van der Waals surface area (Å²) in [6.07, 6.45) is 3.28. The van der Waals surface area contributed by atoms with Crippen LogP contribution in [-0.4, -0.2) is 9.91 Å². The van der Waals surface area contributed by atoms with Crippen LogP contribution in [0, 0.1) is 21.4 Å². The van der Waals surface area contributed by atoms with Crippen LogP contribution in [0.15, 0.2) is 48.7 Å². The van der Waals surface area contributed by atoms with Crippen LogP contribution in [0.3, 0.4) is 0 Å². The number of nitro groups is 1. The van der Waals surface area contributed by atoms with Crippen LogP contribution in [0.4, 0.5) is 5.69 Å². The average molecular weight is 251 g/mol. The summed E-state index contributed by atoms with van der Waals surface area (Å²) in [5.74, 6) is 0. The summed E-state index contributed by atoms with van der Waals surface area (Å²) < 4.78 is 0. The number of nitrogens with zero attached hydrogens (tertiary/aromatic N) is 3. The van der Waals surface area contributed by atoms with Gasteiger partial charge < -0.3 is 0 Å². The Morgan fingerprint density at radius 1 is 1.26 bits per heavy atom. The summed E-state index contributed by atoms with van der Waals surface area (Å²) in [5.41, 5.74) is 1.70. The third-order valence-corrected chi connectivity index (χ3v) is 2.49. The highest BCUT2D eigenvalue weighted by atomic mass is 16.6. The minimum atomic E-state index is -0.474. The van der Waals surface area contributed by atoms with E-state index in [9.17, 15) is 10.1 Å². The van der Waals surface area contributed by atoms with E-state index in [-0.39, 0.29) is 5.69 Å². The molecule has 0 saturated heterocycles. The molecule has 0 bridgehead atoms. The van der Waals surface area contributed by atoms with Gasteiger partial charge in [0.1, 0.15) is 0 Å². The summed E-state index contributed by atoms with van der Waals surface area (Å²) in [5, 5.41) is 19.7. The van der Waals surface area contributed by atoms with E-state index < -0.39 is 4.92 Å². The Morgan fingerprint density at radius 2 is 2.00 bits per heavy atom. The van der Waals surface area contributed by atoms with Crippen molar-refractivity contribution in [3.05, 3.63) is 70.0 Å². The maximum absolute atomic E-state index is 10.6. The molecule has 0 saturated carbocycles. The lowest BCUT2D eigenvalue weighted by Crippen LogP contribution is -1.89. The third-order valence-electron chi connectivity index (χ3n) is 2.49. The van der Waals surface area contributed by atoms with E-state index >= 15 is 0 Å². The lowest BCUT2D eigenvalue weighted by atomic mass is 10.1. The standard InChI is InChI=1S/C14H9N3O2/c15-10-12(9-13-3-1-2-8-16-13)11-4-6-14(7-5-11)17(18)19/h1-9H/b12-9+. The fourth-order valence-corrected chi connectivity index (χ4v) is 1.55. The number of allylic oxidation sites excluding steroid dienone is 1. The van der Waals surface area contributed by atoms with Crippen LogP contribution < -0.4 is 0 Å². The summed E-state index contributed by atoms with van der Waals surface area (Å²) >= 11 is 0. The van der Waals surface area contributed by atoms with E-state index in [1.807, 2.05) is 6.07 Å². The van der Waals surface area contributed by atoms with Crippen LogP contribution in [0.2, 0.25) is 0 Å². The summed E-state index contributed by atoms with van der Waals surface area (Å²) in [6, 6.07) is 13.3. The molecule has 1 heterocycles. The lowest BCUT2D eigenvalue weighted by molar-refractivity contribution is -0.384. The molecule has 0 aliphatic rings. The van der Waals surface area contributed by atoms with E-state index in [0.29, 0.717) is 16.8 Å². The molecule has 1 aromatic heterocycles. The molecule has 0 radical (unpaired) electrons. The first kappa shape index (κ1) is 12.5. The number of non-ortho nitro benzene ring substituents is 1. The van der Waals surface area contributed by atoms with Crippen molar-refractivity contribution in [2.75, 3.05) is 0 Å². The average Bonchev–Trinajstić information content (AvgIpc) is 2.46. The van der Waals surface area contributed by atoms with Crippen molar-refractivity contribution in [3.8, 4) is 6.07 Å². The molecule has 0 aliphatic carbocycles. The van der Waals surface area contributed by atoms with Gasteiger partial charge >= 0.3 is 0 Å². The van der Waals surface area contributed by atoms with Crippen molar-refractivity contribution in [2.24, 2.45) is 0 Å². The van der Waals surface area contributed by atoms with Gasteiger partial charge in [-0.2, -0.15) is 5.26 Å². The Hall–Kier alpha value is -3.00. The van der Waals surface area contributed by atoms with Crippen molar-refractivity contribution in [2.45, 2.75) is 0 Å². The molecular weight excluding hydrogens is 242 g/mol. The normalized spacial score (nSPS) is 10.8. The van der Waals surface area contributed by atoms with Crippen LogP contribution in [0.1, 0.15) is 11.3 Å². The van der Waals surface area contributed by atoms with Gasteiger partial charge in [-0.1, -0.05) is 6.07 Å². The molecule has 1 aromatic carbocycles. The van der Waals surface area contributed by atoms with Gasteiger partial charge in [-0.05, 0) is 35.9 Å². The highest BCUT2D eigenvalue weighted by molar-refractivity contribution is 5.89. The molecule has 0 spiro atoms. The van der Waals surface area contributed by atoms with E-state index in [0.717, 1.165) is 0 Å². The number of nitro benzene ring substituents is 1. The van der Waals surface area contributed by atoms with E-state index in [1.165, 1.54) is 12.1 Å². The quantitative estimate of drug-likeness (QED) is 0.477. The number of rotatable bonds is 3. The number of hydrogen-bond acceptors (Lipinski definition) is 4. The molecule has 92 valence electrons. The minimum absolute atomic E-state index is 0.00104. The minimum Gasteiger partial charge on any atom is -0.258 e. The summed E-state index contributed by atoms with van der Waals surface area (Å²) in [6.45, 7) is 0. The van der Waals surface area contributed by atoms with E-state index in [4.69, 9.17) is 5.26 Å². The van der Waals surface area contributed by atoms with Crippen LogP contribution in [0.5, 0.6) is 0 Å². The predicted octanol–water partition coefficient (Wildman–Crippen LogP) is 3.05. The largest absolute Gasteiger partial charge is 0.269 e. The van der Waals surface area contributed by atoms with Crippen LogP contribution in [-0.2, 0) is 0 Å². The molecule has 2 aromatic rings. The number of benzene rings is 1. The zero-order chi connectivity index (χ0) is 13.7. The number of pyridine rings is 1. The van der Waals surface area contributed by atoms with Crippen molar-refractivity contribution in [1.29, 1.82) is 5.26 Å². The first-order valence-electron chi connectivity index (χ1n) is 5.48. The van der Waals surface area contributed by atoms with Gasteiger partial charge in [-0.3, -0.25) is 15.1 Å². The van der Waals surface area contributed by atoms with Gasteiger partial charge in [0.25, 0.3) is 5.69 Å². The SMILES string of the molecule is N#C/C(=C\c1ccccn1)c1ccc([N+](=O)[O-])cc1. The molecule has 0 N–H and O–H groups in total. The lowest BCUT2D eigenvalue weighted by Gasteiger charge is -1.99. The smallest absolute Gasteiger partial charge is 0.258 e. The molecule has 0 fully saturated rings. The monoisotopic (exact) mass is 251 g/mol. The molecule has 0 amide bonds. The second-order valence-electron chi connectivity index (χ2n) is 3.73. The van der Waals surface area contributed by atoms with Crippen molar-refractivity contribution in [3.63, 3.8) is 0 Å². The van der Waals surface area contributed by atoms with Gasteiger partial charge in [0.05, 0.1) is 22.3 Å². The van der Waals surface area contributed by atoms with E-state index in [2.05, 4.69) is 11.1 Å². The van der Waals surface area contributed by atoms with Gasteiger partial charge in [-0.25, -0.2) is 0 Å². The van der Waals surface area contributed by atoms with E-state index in [1.54, 1.807) is 36.5 Å². The maximum atomic E-state index is 10.6. The highest BCUT2D eigenvalue weighted by Gasteiger charge is 2.06. The first-order chi connectivity index (χ1) is 9.20. The summed E-state index contributed by atoms with van der Waals surface area (Å²) in [4.78, 5) is 14.2. The van der Waals surface area contributed by atoms with Crippen LogP contribution in [0.25, 0.3) is 11.6 Å². The van der Waals surface area contributed by atoms with Crippen molar-refractivity contribution < 1.29 is 4.92 Å².